The molecule has 3 aromatic rings. The van der Waals surface area contributed by atoms with Crippen molar-refractivity contribution in [3.63, 3.8) is 0 Å². The Morgan fingerprint density at radius 1 is 1.05 bits per heavy atom. The van der Waals surface area contributed by atoms with Gasteiger partial charge in [0, 0.05) is 37.6 Å². The predicted octanol–water partition coefficient (Wildman–Crippen LogP) is 4.44. The fourth-order valence-electron chi connectivity index (χ4n) is 3.98. The maximum absolute atomic E-state index is 12.8. The number of sulfonamides is 1. The Morgan fingerprint density at radius 2 is 1.62 bits per heavy atom. The van der Waals surface area contributed by atoms with Gasteiger partial charge in [0.2, 0.25) is 0 Å². The third-order valence-corrected chi connectivity index (χ3v) is 7.68. The molecule has 0 amide bonds. The maximum atomic E-state index is 12.8. The highest BCUT2D eigenvalue weighted by molar-refractivity contribution is 7.92. The van der Waals surface area contributed by atoms with Crippen LogP contribution in [0.25, 0.3) is 0 Å². The molecule has 42 heavy (non-hydrogen) atoms. The number of rotatable bonds is 10. The molecule has 0 aliphatic carbocycles. The normalized spacial score (nSPS) is 11.3. The van der Waals surface area contributed by atoms with Crippen LogP contribution in [0.3, 0.4) is 0 Å². The lowest BCUT2D eigenvalue weighted by Crippen LogP contribution is -2.22. The van der Waals surface area contributed by atoms with Crippen molar-refractivity contribution in [1.29, 1.82) is 0 Å². The number of carboxylic acids is 2. The van der Waals surface area contributed by atoms with E-state index in [0.717, 1.165) is 24.2 Å². The minimum atomic E-state index is -5.08. The second-order valence-corrected chi connectivity index (χ2v) is 11.0. The van der Waals surface area contributed by atoms with Gasteiger partial charge in [-0.1, -0.05) is 12.1 Å². The molecule has 0 radical (unpaired) electrons. The molecular weight excluding hydrogens is 581 g/mol. The number of nitrogens with one attached hydrogen (secondary N) is 1. The summed E-state index contributed by atoms with van der Waals surface area (Å²) in [6.07, 6.45) is -3.47. The molecule has 0 unspecified atom stereocenters. The molecule has 0 aliphatic heterocycles. The Kier molecular flexibility index (Phi) is 10.9. The van der Waals surface area contributed by atoms with Gasteiger partial charge < -0.3 is 15.1 Å². The third-order valence-electron chi connectivity index (χ3n) is 6.28. The van der Waals surface area contributed by atoms with Gasteiger partial charge in [0.15, 0.2) is 5.78 Å². The first kappa shape index (κ1) is 33.8. The number of ketones is 1. The van der Waals surface area contributed by atoms with Gasteiger partial charge in [-0.25, -0.2) is 18.0 Å². The maximum Gasteiger partial charge on any atom is 0.490 e. The zero-order chi connectivity index (χ0) is 32.0. The summed E-state index contributed by atoms with van der Waals surface area (Å²) in [6.45, 7) is 6.02. The number of alkyl halides is 3. The summed E-state index contributed by atoms with van der Waals surface area (Å²) in [5.41, 5.74) is 4.32. The lowest BCUT2D eigenvalue weighted by atomic mass is 10.1. The van der Waals surface area contributed by atoms with Crippen LogP contribution in [0.15, 0.2) is 47.4 Å². The first-order valence-corrected chi connectivity index (χ1v) is 13.8. The molecule has 2 aromatic carbocycles. The number of benzene rings is 2. The Hall–Kier alpha value is -4.40. The minimum Gasteiger partial charge on any atom is -0.478 e. The Morgan fingerprint density at radius 3 is 2.07 bits per heavy atom. The van der Waals surface area contributed by atoms with E-state index in [2.05, 4.69) is 9.82 Å². The first-order valence-electron chi connectivity index (χ1n) is 12.4. The molecule has 228 valence electrons. The van der Waals surface area contributed by atoms with Crippen LogP contribution in [0.4, 0.5) is 24.5 Å². The second-order valence-electron chi connectivity index (χ2n) is 9.32. The van der Waals surface area contributed by atoms with E-state index in [1.165, 1.54) is 48.9 Å². The summed E-state index contributed by atoms with van der Waals surface area (Å²) < 4.78 is 61.5. The topological polar surface area (TPSA) is 159 Å². The fourth-order valence-corrected chi connectivity index (χ4v) is 5.03. The summed E-state index contributed by atoms with van der Waals surface area (Å²) in [5, 5.41) is 21.3. The van der Waals surface area contributed by atoms with E-state index in [1.54, 1.807) is 6.07 Å². The SMILES string of the molecule is CC(=O)c1ccc(S(=O)(=O)Nc2ccc(N(C)CCCc3c(C)nn(C)c3C)c(C(=O)O)c2)cc1.O=C(O)C(F)(F)F. The van der Waals surface area contributed by atoms with Gasteiger partial charge in [0.1, 0.15) is 0 Å². The van der Waals surface area contributed by atoms with Crippen molar-refractivity contribution in [2.75, 3.05) is 23.2 Å². The van der Waals surface area contributed by atoms with Gasteiger partial charge in [-0.3, -0.25) is 14.2 Å². The number of carbonyl (C=O) groups is 3. The molecule has 15 heteroatoms. The van der Waals surface area contributed by atoms with Crippen molar-refractivity contribution in [3.8, 4) is 0 Å². The van der Waals surface area contributed by atoms with Gasteiger partial charge >= 0.3 is 18.1 Å². The van der Waals surface area contributed by atoms with Crippen molar-refractivity contribution in [1.82, 2.24) is 9.78 Å². The van der Waals surface area contributed by atoms with Crippen molar-refractivity contribution < 1.29 is 46.2 Å². The molecule has 3 N–H and O–H groups in total. The van der Waals surface area contributed by atoms with Crippen molar-refractivity contribution in [3.05, 3.63) is 70.5 Å². The highest BCUT2D eigenvalue weighted by atomic mass is 32.2. The lowest BCUT2D eigenvalue weighted by Gasteiger charge is -2.22. The van der Waals surface area contributed by atoms with E-state index in [4.69, 9.17) is 9.90 Å². The van der Waals surface area contributed by atoms with E-state index in [9.17, 15) is 36.3 Å². The van der Waals surface area contributed by atoms with Crippen LogP contribution in [-0.2, 0) is 28.3 Å². The van der Waals surface area contributed by atoms with Gasteiger partial charge in [-0.15, -0.1) is 0 Å². The lowest BCUT2D eigenvalue weighted by molar-refractivity contribution is -0.192. The number of carbonyl (C=O) groups excluding carboxylic acids is 1. The Balaban J connectivity index is 0.000000782. The highest BCUT2D eigenvalue weighted by Crippen LogP contribution is 2.26. The quantitative estimate of drug-likeness (QED) is 0.281. The van der Waals surface area contributed by atoms with Gasteiger partial charge in [-0.05, 0) is 69.5 Å². The number of halogens is 3. The molecule has 11 nitrogen and oxygen atoms in total. The van der Waals surface area contributed by atoms with Crippen LogP contribution in [0, 0.1) is 13.8 Å². The van der Waals surface area contributed by atoms with Crippen LogP contribution < -0.4 is 9.62 Å². The van der Waals surface area contributed by atoms with Crippen LogP contribution >= 0.6 is 0 Å². The number of nitrogens with zero attached hydrogens (tertiary/aromatic N) is 3. The summed E-state index contributed by atoms with van der Waals surface area (Å²) in [5.74, 6) is -4.08. The Labute approximate surface area is 240 Å². The van der Waals surface area contributed by atoms with Crippen molar-refractivity contribution in [2.24, 2.45) is 7.05 Å². The number of hydrogen-bond acceptors (Lipinski definition) is 7. The zero-order valence-corrected chi connectivity index (χ0v) is 24.3. The van der Waals surface area contributed by atoms with Crippen LogP contribution in [-0.4, -0.2) is 65.9 Å². The summed E-state index contributed by atoms with van der Waals surface area (Å²) in [6, 6.07) is 10.00. The number of hydrogen-bond donors (Lipinski definition) is 3. The fraction of sp³-hybridized carbons (Fsp3) is 0.333. The molecule has 0 aliphatic rings. The molecule has 0 fully saturated rings. The van der Waals surface area contributed by atoms with Crippen molar-refractivity contribution in [2.45, 2.75) is 44.7 Å². The average Bonchev–Trinajstić information content (AvgIpc) is 3.13. The molecular formula is C27H31F3N4O7S. The number of aromatic carboxylic acids is 1. The highest BCUT2D eigenvalue weighted by Gasteiger charge is 2.38. The Bertz CT molecular complexity index is 1570. The first-order chi connectivity index (χ1) is 19.3. The van der Waals surface area contributed by atoms with Gasteiger partial charge in [-0.2, -0.15) is 18.3 Å². The van der Waals surface area contributed by atoms with E-state index >= 15 is 0 Å². The molecule has 1 heterocycles. The summed E-state index contributed by atoms with van der Waals surface area (Å²) >= 11 is 0. The minimum absolute atomic E-state index is 0.00614. The number of Topliss-reactive ketones (excluding diaryl/α,β-unsaturated/α-hetero) is 1. The smallest absolute Gasteiger partial charge is 0.478 e. The standard InChI is InChI=1S/C25H30N4O5S.C2HF3O2/c1-16-22(17(2)29(5)26-16)7-6-14-28(4)24-13-10-20(15-23(24)25(31)32)27-35(33,34)21-11-8-19(9-12-21)18(3)30;3-2(4,5)1(6)7/h8-13,15,27H,6-7,14H2,1-5H3,(H,31,32);(H,6,7). The van der Waals surface area contributed by atoms with Gasteiger partial charge in [0.25, 0.3) is 10.0 Å². The largest absolute Gasteiger partial charge is 0.490 e. The molecule has 0 saturated carbocycles. The van der Waals surface area contributed by atoms with Gasteiger partial charge in [0.05, 0.1) is 21.8 Å². The van der Waals surface area contributed by atoms with Crippen LogP contribution in [0.1, 0.15) is 51.0 Å². The number of aryl methyl sites for hydroxylation is 2. The van der Waals surface area contributed by atoms with Crippen LogP contribution in [0.2, 0.25) is 0 Å². The number of aromatic nitrogens is 2. The summed E-state index contributed by atoms with van der Waals surface area (Å²) in [4.78, 5) is 34.1. The van der Waals surface area contributed by atoms with E-state index in [0.29, 0.717) is 17.8 Å². The number of aliphatic carboxylic acids is 1. The van der Waals surface area contributed by atoms with E-state index in [1.807, 2.05) is 37.5 Å². The molecule has 0 bridgehead atoms. The number of anilines is 2. The number of carboxylic acid groups (broad SMARTS) is 2. The molecule has 0 atom stereocenters. The monoisotopic (exact) mass is 612 g/mol. The third kappa shape index (κ3) is 8.80. The molecule has 0 spiro atoms. The zero-order valence-electron chi connectivity index (χ0n) is 23.5. The average molecular weight is 613 g/mol. The van der Waals surface area contributed by atoms with E-state index in [-0.39, 0.29) is 21.9 Å². The van der Waals surface area contributed by atoms with Crippen molar-refractivity contribution >= 4 is 39.1 Å². The second kappa shape index (κ2) is 13.5. The molecule has 0 saturated heterocycles. The summed E-state index contributed by atoms with van der Waals surface area (Å²) in [7, 11) is -0.237. The van der Waals surface area contributed by atoms with E-state index < -0.39 is 28.1 Å². The molecule has 3 rings (SSSR count). The predicted molar refractivity (Wildman–Crippen MR) is 149 cm³/mol. The van der Waals surface area contributed by atoms with Crippen LogP contribution in [0.5, 0.6) is 0 Å². The molecule has 1 aromatic heterocycles.